The summed E-state index contributed by atoms with van der Waals surface area (Å²) in [5.41, 5.74) is 3.07. The SMILES string of the molecule is O=C(c1ccccc1)N1CC[NH+](C[C@H](O)Cn2c3ccccc3c3ccccc32)CC1. The zero-order chi connectivity index (χ0) is 21.2. The first-order valence-electron chi connectivity index (χ1n) is 11.0. The van der Waals surface area contributed by atoms with Gasteiger partial charge >= 0.3 is 0 Å². The number of nitrogens with zero attached hydrogens (tertiary/aromatic N) is 2. The highest BCUT2D eigenvalue weighted by Gasteiger charge is 2.26. The van der Waals surface area contributed by atoms with Crippen LogP contribution < -0.4 is 4.90 Å². The van der Waals surface area contributed by atoms with Crippen molar-refractivity contribution >= 4 is 27.7 Å². The maximum Gasteiger partial charge on any atom is 0.254 e. The third-order valence-corrected chi connectivity index (χ3v) is 6.38. The molecule has 1 aliphatic heterocycles. The van der Waals surface area contributed by atoms with Gasteiger partial charge in [0, 0.05) is 27.4 Å². The first-order valence-corrected chi connectivity index (χ1v) is 11.0. The van der Waals surface area contributed by atoms with Crippen molar-refractivity contribution in [3.05, 3.63) is 84.4 Å². The summed E-state index contributed by atoms with van der Waals surface area (Å²) < 4.78 is 2.24. The number of rotatable bonds is 5. The van der Waals surface area contributed by atoms with Crippen LogP contribution in [0, 0.1) is 0 Å². The number of piperazine rings is 1. The van der Waals surface area contributed by atoms with Crippen molar-refractivity contribution in [1.29, 1.82) is 0 Å². The van der Waals surface area contributed by atoms with Gasteiger partial charge in [-0.3, -0.25) is 4.79 Å². The Morgan fingerprint density at radius 2 is 1.39 bits per heavy atom. The summed E-state index contributed by atoms with van der Waals surface area (Å²) in [7, 11) is 0. The highest BCUT2D eigenvalue weighted by atomic mass is 16.3. The molecule has 2 N–H and O–H groups in total. The summed E-state index contributed by atoms with van der Waals surface area (Å²) in [6.45, 7) is 4.44. The van der Waals surface area contributed by atoms with E-state index in [0.717, 1.165) is 42.8 Å². The lowest BCUT2D eigenvalue weighted by atomic mass is 10.2. The van der Waals surface area contributed by atoms with Crippen molar-refractivity contribution < 1.29 is 14.8 Å². The minimum absolute atomic E-state index is 0.102. The summed E-state index contributed by atoms with van der Waals surface area (Å²) in [4.78, 5) is 15.9. The molecule has 0 aliphatic carbocycles. The number of aliphatic hydroxyl groups is 1. The molecule has 1 atom stereocenters. The third kappa shape index (κ3) is 3.94. The number of para-hydroxylation sites is 2. The van der Waals surface area contributed by atoms with Gasteiger partial charge in [0.25, 0.3) is 5.91 Å². The summed E-state index contributed by atoms with van der Waals surface area (Å²) >= 11 is 0. The molecule has 4 aromatic rings. The fraction of sp³-hybridized carbons (Fsp3) is 0.269. The minimum atomic E-state index is -0.439. The molecule has 158 valence electrons. The van der Waals surface area contributed by atoms with Crippen LogP contribution in [0.4, 0.5) is 0 Å². The lowest BCUT2D eigenvalue weighted by Crippen LogP contribution is -3.15. The lowest BCUT2D eigenvalue weighted by molar-refractivity contribution is -0.907. The molecule has 0 spiro atoms. The van der Waals surface area contributed by atoms with Crippen molar-refractivity contribution in [3.8, 4) is 0 Å². The van der Waals surface area contributed by atoms with Crippen LogP contribution in [-0.4, -0.2) is 59.3 Å². The molecule has 1 aliphatic rings. The smallest absolute Gasteiger partial charge is 0.254 e. The van der Waals surface area contributed by atoms with Crippen LogP contribution in [0.25, 0.3) is 21.8 Å². The van der Waals surface area contributed by atoms with Crippen molar-refractivity contribution in [3.63, 3.8) is 0 Å². The van der Waals surface area contributed by atoms with Gasteiger partial charge in [0.1, 0.15) is 12.6 Å². The maximum atomic E-state index is 12.7. The van der Waals surface area contributed by atoms with Gasteiger partial charge < -0.3 is 19.5 Å². The van der Waals surface area contributed by atoms with E-state index in [1.165, 1.54) is 15.7 Å². The number of hydrogen-bond donors (Lipinski definition) is 2. The van der Waals surface area contributed by atoms with E-state index in [0.29, 0.717) is 13.1 Å². The van der Waals surface area contributed by atoms with Crippen LogP contribution in [-0.2, 0) is 6.54 Å². The molecule has 1 fully saturated rings. The fourth-order valence-electron chi connectivity index (χ4n) is 4.80. The number of aliphatic hydroxyl groups excluding tert-OH is 1. The number of nitrogens with one attached hydrogen (secondary N) is 1. The fourth-order valence-corrected chi connectivity index (χ4v) is 4.80. The van der Waals surface area contributed by atoms with Gasteiger partial charge in [-0.2, -0.15) is 0 Å². The van der Waals surface area contributed by atoms with E-state index in [1.54, 1.807) is 0 Å². The molecule has 5 rings (SSSR count). The van der Waals surface area contributed by atoms with Gasteiger partial charge in [-0.15, -0.1) is 0 Å². The normalized spacial score (nSPS) is 16.1. The molecule has 5 nitrogen and oxygen atoms in total. The van der Waals surface area contributed by atoms with Gasteiger partial charge in [0.05, 0.1) is 32.7 Å². The van der Waals surface area contributed by atoms with Crippen LogP contribution in [0.5, 0.6) is 0 Å². The van der Waals surface area contributed by atoms with Crippen molar-refractivity contribution in [2.75, 3.05) is 32.7 Å². The monoisotopic (exact) mass is 414 g/mol. The summed E-state index contributed by atoms with van der Waals surface area (Å²) in [6, 6.07) is 26.3. The molecule has 0 bridgehead atoms. The Balaban J connectivity index is 1.24. The number of fused-ring (bicyclic) bond motifs is 3. The molecule has 0 unspecified atom stereocenters. The first-order chi connectivity index (χ1) is 15.2. The topological polar surface area (TPSA) is 49.9 Å². The van der Waals surface area contributed by atoms with Crippen molar-refractivity contribution in [2.24, 2.45) is 0 Å². The number of carbonyl (C=O) groups is 1. The Morgan fingerprint density at radius 1 is 0.839 bits per heavy atom. The van der Waals surface area contributed by atoms with Crippen LogP contribution in [0.15, 0.2) is 78.9 Å². The molecular weight excluding hydrogens is 386 g/mol. The number of carbonyl (C=O) groups excluding carboxylic acids is 1. The second kappa shape index (κ2) is 8.53. The lowest BCUT2D eigenvalue weighted by Gasteiger charge is -2.33. The Morgan fingerprint density at radius 3 is 2.00 bits per heavy atom. The number of amides is 1. The van der Waals surface area contributed by atoms with E-state index in [4.69, 9.17) is 0 Å². The molecule has 3 aromatic carbocycles. The highest BCUT2D eigenvalue weighted by molar-refractivity contribution is 6.07. The maximum absolute atomic E-state index is 12.7. The molecule has 1 saturated heterocycles. The number of quaternary nitrogens is 1. The van der Waals surface area contributed by atoms with E-state index < -0.39 is 6.10 Å². The molecule has 1 amide bonds. The molecule has 1 aromatic heterocycles. The van der Waals surface area contributed by atoms with Crippen molar-refractivity contribution in [1.82, 2.24) is 9.47 Å². The van der Waals surface area contributed by atoms with E-state index in [1.807, 2.05) is 35.2 Å². The predicted octanol–water partition coefficient (Wildman–Crippen LogP) is 2.20. The zero-order valence-electron chi connectivity index (χ0n) is 17.6. The Bertz CT molecular complexity index is 1140. The predicted molar refractivity (Wildman–Crippen MR) is 123 cm³/mol. The molecule has 2 heterocycles. The Hall–Kier alpha value is -3.15. The Kier molecular flexibility index (Phi) is 5.45. The van der Waals surface area contributed by atoms with Crippen LogP contribution in [0.2, 0.25) is 0 Å². The van der Waals surface area contributed by atoms with Crippen LogP contribution >= 0.6 is 0 Å². The summed E-state index contributed by atoms with van der Waals surface area (Å²) in [5.74, 6) is 0.102. The molecule has 0 saturated carbocycles. The second-order valence-electron chi connectivity index (χ2n) is 8.41. The van der Waals surface area contributed by atoms with Gasteiger partial charge in [0.15, 0.2) is 0 Å². The van der Waals surface area contributed by atoms with E-state index in [9.17, 15) is 9.90 Å². The molecular formula is C26H28N3O2+. The molecule has 0 radical (unpaired) electrons. The number of benzene rings is 3. The van der Waals surface area contributed by atoms with Crippen LogP contribution in [0.3, 0.4) is 0 Å². The third-order valence-electron chi connectivity index (χ3n) is 6.38. The van der Waals surface area contributed by atoms with Gasteiger partial charge in [-0.25, -0.2) is 0 Å². The highest BCUT2D eigenvalue weighted by Crippen LogP contribution is 2.28. The van der Waals surface area contributed by atoms with Gasteiger partial charge in [-0.05, 0) is 24.3 Å². The summed E-state index contributed by atoms with van der Waals surface area (Å²) in [5, 5.41) is 13.4. The van der Waals surface area contributed by atoms with Crippen molar-refractivity contribution in [2.45, 2.75) is 12.6 Å². The second-order valence-corrected chi connectivity index (χ2v) is 8.41. The van der Waals surface area contributed by atoms with Gasteiger partial charge in [0.2, 0.25) is 0 Å². The van der Waals surface area contributed by atoms with E-state index >= 15 is 0 Å². The first kappa shape index (κ1) is 19.8. The van der Waals surface area contributed by atoms with Gasteiger partial charge in [-0.1, -0.05) is 54.6 Å². The minimum Gasteiger partial charge on any atom is -0.385 e. The largest absolute Gasteiger partial charge is 0.385 e. The van der Waals surface area contributed by atoms with E-state index in [2.05, 4.69) is 53.1 Å². The molecule has 31 heavy (non-hydrogen) atoms. The summed E-state index contributed by atoms with van der Waals surface area (Å²) in [6.07, 6.45) is -0.439. The molecule has 5 heteroatoms. The zero-order valence-corrected chi connectivity index (χ0v) is 17.6. The number of aromatic nitrogens is 1. The average Bonchev–Trinajstić information content (AvgIpc) is 3.13. The standard InChI is InChI=1S/C26H27N3O2/c30-21(18-27-14-16-28(17-15-27)26(31)20-8-2-1-3-9-20)19-29-24-12-6-4-10-22(24)23-11-5-7-13-25(23)29/h1-13,21,30H,14-19H2/p+1/t21-/m0/s1. The van der Waals surface area contributed by atoms with Crippen LogP contribution in [0.1, 0.15) is 10.4 Å². The number of hydrogen-bond acceptors (Lipinski definition) is 2. The Labute approximate surface area is 182 Å². The van der Waals surface area contributed by atoms with E-state index in [-0.39, 0.29) is 5.91 Å². The average molecular weight is 415 g/mol. The quantitative estimate of drug-likeness (QED) is 0.526.